The first-order valence-electron chi connectivity index (χ1n) is 11.9. The third-order valence-electron chi connectivity index (χ3n) is 6.14. The number of oxime groups is 1. The van der Waals surface area contributed by atoms with Gasteiger partial charge in [-0.2, -0.15) is 0 Å². The third-order valence-corrected chi connectivity index (χ3v) is 8.03. The Bertz CT molecular complexity index is 1630. The van der Waals surface area contributed by atoms with Gasteiger partial charge in [0.25, 0.3) is 23.2 Å². The van der Waals surface area contributed by atoms with Crippen LogP contribution in [0.4, 0.5) is 11.4 Å². The van der Waals surface area contributed by atoms with Crippen molar-refractivity contribution < 1.29 is 44.1 Å². The van der Waals surface area contributed by atoms with E-state index in [1.165, 1.54) is 36.9 Å². The number of nitrogens with zero attached hydrogens (tertiary/aromatic N) is 5. The molecule has 3 heterocycles. The van der Waals surface area contributed by atoms with Crippen molar-refractivity contribution in [2.75, 3.05) is 5.75 Å². The molecule has 43 heavy (non-hydrogen) atoms. The molecule has 17 nitrogen and oxygen atoms in total. The van der Waals surface area contributed by atoms with Crippen LogP contribution in [0, 0.1) is 20.2 Å². The van der Waals surface area contributed by atoms with Crippen molar-refractivity contribution in [1.82, 2.24) is 15.2 Å². The van der Waals surface area contributed by atoms with Crippen LogP contribution in [0.5, 0.6) is 0 Å². The van der Waals surface area contributed by atoms with Crippen LogP contribution in [-0.2, 0) is 24.0 Å². The van der Waals surface area contributed by atoms with E-state index in [2.05, 4.69) is 15.5 Å². The molecule has 2 aliphatic heterocycles. The van der Waals surface area contributed by atoms with Gasteiger partial charge in [-0.3, -0.25) is 34.7 Å². The lowest BCUT2D eigenvalue weighted by molar-refractivity contribution is -0.394. The fourth-order valence-electron chi connectivity index (χ4n) is 3.85. The van der Waals surface area contributed by atoms with Gasteiger partial charge >= 0.3 is 11.9 Å². The zero-order valence-corrected chi connectivity index (χ0v) is 23.7. The summed E-state index contributed by atoms with van der Waals surface area (Å²) >= 11 is 2.24. The predicted octanol–water partition coefficient (Wildman–Crippen LogP) is 2.00. The van der Waals surface area contributed by atoms with Crippen molar-refractivity contribution in [3.05, 3.63) is 77.9 Å². The lowest BCUT2D eigenvalue weighted by atomic mass is 10.0. The zero-order chi connectivity index (χ0) is 31.6. The number of nitrogens with one attached hydrogen (secondary N) is 1. The summed E-state index contributed by atoms with van der Waals surface area (Å²) in [6, 6.07) is 1.81. The quantitative estimate of drug-likeness (QED) is 0.139. The number of aliphatic carboxylic acids is 2. The highest BCUT2D eigenvalue weighted by molar-refractivity contribution is 8.00. The molecule has 1 aromatic heterocycles. The second-order valence-electron chi connectivity index (χ2n) is 9.35. The van der Waals surface area contributed by atoms with Gasteiger partial charge < -0.3 is 20.4 Å². The van der Waals surface area contributed by atoms with Crippen molar-refractivity contribution >= 4 is 70.0 Å². The van der Waals surface area contributed by atoms with Gasteiger partial charge in [0.1, 0.15) is 22.8 Å². The Morgan fingerprint density at radius 1 is 1.21 bits per heavy atom. The van der Waals surface area contributed by atoms with Crippen molar-refractivity contribution in [3.63, 3.8) is 0 Å². The molecule has 1 fully saturated rings. The second kappa shape index (κ2) is 12.0. The number of nitro groups is 2. The summed E-state index contributed by atoms with van der Waals surface area (Å²) in [5.74, 6) is -4.46. The molecule has 0 saturated carbocycles. The number of thiazole rings is 1. The Balaban J connectivity index is 1.57. The van der Waals surface area contributed by atoms with Gasteiger partial charge in [-0.1, -0.05) is 11.2 Å². The summed E-state index contributed by atoms with van der Waals surface area (Å²) in [7, 11) is 0. The number of aromatic nitrogens is 1. The van der Waals surface area contributed by atoms with E-state index in [-0.39, 0.29) is 22.6 Å². The van der Waals surface area contributed by atoms with E-state index in [0.717, 1.165) is 46.2 Å². The summed E-state index contributed by atoms with van der Waals surface area (Å²) in [5, 5.41) is 48.4. The van der Waals surface area contributed by atoms with Gasteiger partial charge in [0.2, 0.25) is 5.60 Å². The van der Waals surface area contributed by atoms with E-state index in [1.807, 2.05) is 0 Å². The number of fused-ring (bicyclic) bond motifs is 1. The molecule has 2 atom stereocenters. The topological polar surface area (TPSA) is 245 Å². The molecule has 0 radical (unpaired) electrons. The number of hydrogen-bond donors (Lipinski definition) is 3. The van der Waals surface area contributed by atoms with Gasteiger partial charge in [0.05, 0.1) is 27.0 Å². The summed E-state index contributed by atoms with van der Waals surface area (Å²) in [5.41, 5.74) is -2.09. The van der Waals surface area contributed by atoms with Crippen LogP contribution in [0.15, 0.2) is 51.6 Å². The summed E-state index contributed by atoms with van der Waals surface area (Å²) in [4.78, 5) is 80.6. The van der Waals surface area contributed by atoms with E-state index < -0.39 is 73.4 Å². The van der Waals surface area contributed by atoms with E-state index in [1.54, 1.807) is 0 Å². The Kier molecular flexibility index (Phi) is 8.57. The minimum Gasteiger partial charge on any atom is -0.478 e. The van der Waals surface area contributed by atoms with Gasteiger partial charge in [-0.05, 0) is 31.6 Å². The van der Waals surface area contributed by atoms with Crippen LogP contribution < -0.4 is 5.32 Å². The van der Waals surface area contributed by atoms with E-state index in [9.17, 15) is 49.6 Å². The first-order chi connectivity index (χ1) is 20.2. The first-order valence-corrected chi connectivity index (χ1v) is 13.9. The molecule has 2 aliphatic rings. The van der Waals surface area contributed by atoms with Crippen LogP contribution in [0.25, 0.3) is 6.08 Å². The number of β-lactam (4-membered cyclic amide) rings is 1. The van der Waals surface area contributed by atoms with Gasteiger partial charge in [-0.15, -0.1) is 23.1 Å². The largest absolute Gasteiger partial charge is 0.478 e. The summed E-state index contributed by atoms with van der Waals surface area (Å²) < 4.78 is 0. The minimum absolute atomic E-state index is 0.0258. The van der Waals surface area contributed by atoms with Crippen LogP contribution in [0.3, 0.4) is 0 Å². The van der Waals surface area contributed by atoms with Gasteiger partial charge in [-0.25, -0.2) is 14.6 Å². The smallest absolute Gasteiger partial charge is 0.352 e. The lowest BCUT2D eigenvalue weighted by Gasteiger charge is -2.49. The highest BCUT2D eigenvalue weighted by atomic mass is 32.2. The SMILES string of the molecule is CC(C)(ON=C(C(=O)NC1C(=O)N2C(C(=O)O)=C(C=Cc3ccc([N+](=O)[O-])cc3[N+](=O)[O-])CS[C@@H]12)c1cscn1)C(=O)O. The number of carboxylic acids is 2. The zero-order valence-electron chi connectivity index (χ0n) is 22.0. The highest BCUT2D eigenvalue weighted by Crippen LogP contribution is 2.41. The Labute approximate surface area is 248 Å². The molecule has 1 saturated heterocycles. The van der Waals surface area contributed by atoms with Crippen molar-refractivity contribution in [1.29, 1.82) is 0 Å². The number of rotatable bonds is 11. The van der Waals surface area contributed by atoms with E-state index >= 15 is 0 Å². The Morgan fingerprint density at radius 3 is 2.51 bits per heavy atom. The monoisotopic (exact) mass is 632 g/mol. The first kappa shape index (κ1) is 30.8. The maximum Gasteiger partial charge on any atom is 0.352 e. The standard InChI is InChI=1S/C24H20N6O11S2/c1-24(2,23(35)36)41-27-16(14-9-42-10-25-14)19(31)26-17-20(32)28-18(22(33)34)12(8-43-21(17)28)4-3-11-5-6-13(29(37)38)7-15(11)30(39)40/h3-7,9-10,17,21H,8H2,1-2H3,(H,26,31)(H,33,34)(H,35,36)/t17?,21-/m0/s1. The molecule has 1 unspecified atom stereocenters. The average molecular weight is 633 g/mol. The number of carbonyl (C=O) groups excluding carboxylic acids is 2. The van der Waals surface area contributed by atoms with Crippen molar-refractivity contribution in [3.8, 4) is 0 Å². The van der Waals surface area contributed by atoms with Crippen LogP contribution in [-0.4, -0.2) is 82.2 Å². The minimum atomic E-state index is -1.79. The molecule has 0 spiro atoms. The molecule has 2 amide bonds. The molecule has 224 valence electrons. The molecule has 2 aromatic rings. The van der Waals surface area contributed by atoms with Crippen LogP contribution in [0.1, 0.15) is 25.1 Å². The number of carbonyl (C=O) groups is 4. The molecule has 19 heteroatoms. The number of non-ortho nitro benzene ring substituents is 1. The lowest BCUT2D eigenvalue weighted by Crippen LogP contribution is -2.71. The van der Waals surface area contributed by atoms with Crippen LogP contribution in [0.2, 0.25) is 0 Å². The Morgan fingerprint density at radius 2 is 1.93 bits per heavy atom. The maximum atomic E-state index is 13.1. The number of benzene rings is 1. The number of allylic oxidation sites excluding steroid dienone is 1. The summed E-state index contributed by atoms with van der Waals surface area (Å²) in [6.07, 6.45) is 2.49. The number of hydrogen-bond acceptors (Lipinski definition) is 13. The molecule has 4 rings (SSSR count). The van der Waals surface area contributed by atoms with E-state index in [4.69, 9.17) is 4.84 Å². The Hall–Kier alpha value is -5.17. The van der Waals surface area contributed by atoms with Gasteiger partial charge in [0, 0.05) is 17.2 Å². The molecule has 1 aromatic carbocycles. The fourth-order valence-corrected chi connectivity index (χ4v) is 5.70. The van der Waals surface area contributed by atoms with Gasteiger partial charge in [0.15, 0.2) is 5.71 Å². The average Bonchev–Trinajstić information content (AvgIpc) is 3.48. The predicted molar refractivity (Wildman–Crippen MR) is 150 cm³/mol. The summed E-state index contributed by atoms with van der Waals surface area (Å²) in [6.45, 7) is 2.43. The molecule has 0 bridgehead atoms. The number of carboxylic acid groups (broad SMARTS) is 2. The number of thioether (sulfide) groups is 1. The highest BCUT2D eigenvalue weighted by Gasteiger charge is 2.54. The second-order valence-corrected chi connectivity index (χ2v) is 11.2. The van der Waals surface area contributed by atoms with Crippen molar-refractivity contribution in [2.24, 2.45) is 5.16 Å². The molecule has 3 N–H and O–H groups in total. The molecular formula is C24H20N6O11S2. The van der Waals surface area contributed by atoms with Crippen LogP contribution >= 0.6 is 23.1 Å². The number of amides is 2. The maximum absolute atomic E-state index is 13.1. The fraction of sp³-hybridized carbons (Fsp3) is 0.250. The third kappa shape index (κ3) is 6.21. The normalized spacial score (nSPS) is 18.6. The van der Waals surface area contributed by atoms with Crippen molar-refractivity contribution in [2.45, 2.75) is 30.9 Å². The molecule has 0 aliphatic carbocycles. The number of nitro benzene ring substituents is 2. The molecular weight excluding hydrogens is 612 g/mol. The van der Waals surface area contributed by atoms with E-state index in [0.29, 0.717) is 0 Å².